The van der Waals surface area contributed by atoms with E-state index in [2.05, 4.69) is 20.9 Å². The van der Waals surface area contributed by atoms with Crippen LogP contribution in [0.2, 0.25) is 0 Å². The molecular weight excluding hydrogens is 250 g/mol. The van der Waals surface area contributed by atoms with Gasteiger partial charge in [0.15, 0.2) is 0 Å². The van der Waals surface area contributed by atoms with Gasteiger partial charge >= 0.3 is 5.97 Å². The highest BCUT2D eigenvalue weighted by Crippen LogP contribution is 2.22. The van der Waals surface area contributed by atoms with Gasteiger partial charge < -0.3 is 9.84 Å². The van der Waals surface area contributed by atoms with Gasteiger partial charge in [0, 0.05) is 17.7 Å². The first-order valence-corrected chi connectivity index (χ1v) is 4.97. The maximum atomic E-state index is 10.8. The van der Waals surface area contributed by atoms with Crippen LogP contribution in [-0.2, 0) is 17.8 Å². The summed E-state index contributed by atoms with van der Waals surface area (Å²) in [5, 5.41) is 8.86. The number of aromatic nitrogens is 1. The number of rotatable bonds is 1. The summed E-state index contributed by atoms with van der Waals surface area (Å²) in [6, 6.07) is 1.62. The molecule has 5 heteroatoms. The fourth-order valence-corrected chi connectivity index (χ4v) is 1.91. The molecule has 0 bridgehead atoms. The smallest absolute Gasteiger partial charge is 0.338 e. The Hall–Kier alpha value is -0.940. The summed E-state index contributed by atoms with van der Waals surface area (Å²) in [4.78, 5) is 15.0. The number of hydrogen-bond donors (Lipinski definition) is 1. The summed E-state index contributed by atoms with van der Waals surface area (Å²) in [6.07, 6.45) is 0.744. The molecule has 0 spiro atoms. The zero-order chi connectivity index (χ0) is 10.1. The van der Waals surface area contributed by atoms with Crippen LogP contribution >= 0.6 is 15.9 Å². The highest BCUT2D eigenvalue weighted by molar-refractivity contribution is 9.10. The number of carboxylic acids is 1. The van der Waals surface area contributed by atoms with Crippen LogP contribution in [0, 0.1) is 0 Å². The predicted octanol–water partition coefficient (Wildman–Crippen LogP) is 1.61. The van der Waals surface area contributed by atoms with E-state index < -0.39 is 5.97 Å². The van der Waals surface area contributed by atoms with Crippen molar-refractivity contribution in [2.45, 2.75) is 13.0 Å². The van der Waals surface area contributed by atoms with Crippen LogP contribution in [0.5, 0.6) is 0 Å². The third-order valence-electron chi connectivity index (χ3n) is 2.12. The van der Waals surface area contributed by atoms with Gasteiger partial charge in [-0.3, -0.25) is 0 Å². The molecule has 1 N–H and O–H groups in total. The molecule has 0 unspecified atom stereocenters. The molecule has 1 aromatic heterocycles. The van der Waals surface area contributed by atoms with E-state index in [1.54, 1.807) is 6.07 Å². The largest absolute Gasteiger partial charge is 0.478 e. The van der Waals surface area contributed by atoms with Gasteiger partial charge in [0.1, 0.15) is 4.60 Å². The lowest BCUT2D eigenvalue weighted by atomic mass is 10.1. The van der Waals surface area contributed by atoms with Gasteiger partial charge in [-0.25, -0.2) is 9.78 Å². The molecule has 4 nitrogen and oxygen atoms in total. The second-order valence-corrected chi connectivity index (χ2v) is 3.79. The summed E-state index contributed by atoms with van der Waals surface area (Å²) in [7, 11) is 0. The normalized spacial score (nSPS) is 14.9. The molecule has 0 radical (unpaired) electrons. The molecule has 0 saturated carbocycles. The van der Waals surface area contributed by atoms with Crippen LogP contribution in [0.1, 0.15) is 21.6 Å². The minimum absolute atomic E-state index is 0.189. The highest BCUT2D eigenvalue weighted by atomic mass is 79.9. The van der Waals surface area contributed by atoms with Crippen molar-refractivity contribution < 1.29 is 14.6 Å². The molecule has 0 aliphatic carbocycles. The number of carboxylic acid groups (broad SMARTS) is 1. The van der Waals surface area contributed by atoms with Crippen molar-refractivity contribution in [1.29, 1.82) is 0 Å². The molecule has 0 fully saturated rings. The van der Waals surface area contributed by atoms with Crippen molar-refractivity contribution in [2.75, 3.05) is 6.61 Å². The van der Waals surface area contributed by atoms with Gasteiger partial charge in [-0.2, -0.15) is 0 Å². The van der Waals surface area contributed by atoms with E-state index in [1.807, 2.05) is 0 Å². The highest BCUT2D eigenvalue weighted by Gasteiger charge is 2.17. The lowest BCUT2D eigenvalue weighted by molar-refractivity contribution is 0.0694. The number of aromatic carboxylic acids is 1. The van der Waals surface area contributed by atoms with Gasteiger partial charge in [-0.05, 0) is 22.0 Å². The number of hydrogen-bond acceptors (Lipinski definition) is 3. The average molecular weight is 258 g/mol. The summed E-state index contributed by atoms with van der Waals surface area (Å²) < 4.78 is 5.62. The summed E-state index contributed by atoms with van der Waals surface area (Å²) >= 11 is 3.14. The average Bonchev–Trinajstić information content (AvgIpc) is 2.16. The molecule has 2 rings (SSSR count). The van der Waals surface area contributed by atoms with Gasteiger partial charge in [-0.1, -0.05) is 0 Å². The van der Waals surface area contributed by atoms with E-state index in [4.69, 9.17) is 9.84 Å². The Bertz CT molecular complexity index is 392. The molecule has 74 valence electrons. The molecule has 2 heterocycles. The van der Waals surface area contributed by atoms with Crippen molar-refractivity contribution in [2.24, 2.45) is 0 Å². The number of pyridine rings is 1. The standard InChI is InChI=1S/C9H8BrNO3/c10-8-6(9(12)13)3-5-4-14-2-1-7(5)11-8/h3H,1-2,4H2,(H,12,13). The number of ether oxygens (including phenoxy) is 1. The molecular formula is C9H8BrNO3. The second kappa shape index (κ2) is 3.67. The van der Waals surface area contributed by atoms with Crippen molar-refractivity contribution in [3.63, 3.8) is 0 Å². The Morgan fingerprint density at radius 1 is 1.64 bits per heavy atom. The molecule has 1 aliphatic rings. The topological polar surface area (TPSA) is 59.4 Å². The van der Waals surface area contributed by atoms with Crippen LogP contribution in [0.25, 0.3) is 0 Å². The van der Waals surface area contributed by atoms with E-state index in [-0.39, 0.29) is 5.56 Å². The van der Waals surface area contributed by atoms with Crippen molar-refractivity contribution in [3.05, 3.63) is 27.5 Å². The van der Waals surface area contributed by atoms with E-state index >= 15 is 0 Å². The zero-order valence-electron chi connectivity index (χ0n) is 7.29. The van der Waals surface area contributed by atoms with E-state index in [9.17, 15) is 4.79 Å². The third kappa shape index (κ3) is 1.65. The number of nitrogens with zero attached hydrogens (tertiary/aromatic N) is 1. The minimum Gasteiger partial charge on any atom is -0.478 e. The van der Waals surface area contributed by atoms with Crippen molar-refractivity contribution >= 4 is 21.9 Å². The van der Waals surface area contributed by atoms with Gasteiger partial charge in [0.2, 0.25) is 0 Å². The minimum atomic E-state index is -0.974. The first kappa shape index (κ1) is 9.61. The fraction of sp³-hybridized carbons (Fsp3) is 0.333. The zero-order valence-corrected chi connectivity index (χ0v) is 8.87. The summed E-state index contributed by atoms with van der Waals surface area (Å²) in [5.74, 6) is -0.974. The Kier molecular flexibility index (Phi) is 2.52. The molecule has 0 saturated heterocycles. The van der Waals surface area contributed by atoms with Crippen LogP contribution < -0.4 is 0 Å². The predicted molar refractivity (Wildman–Crippen MR) is 52.3 cm³/mol. The first-order valence-electron chi connectivity index (χ1n) is 4.18. The second-order valence-electron chi connectivity index (χ2n) is 3.04. The van der Waals surface area contributed by atoms with E-state index in [0.717, 1.165) is 17.7 Å². The van der Waals surface area contributed by atoms with Crippen LogP contribution in [-0.4, -0.2) is 22.7 Å². The Labute approximate surface area is 89.0 Å². The van der Waals surface area contributed by atoms with Crippen molar-refractivity contribution in [3.8, 4) is 0 Å². The van der Waals surface area contributed by atoms with E-state index in [0.29, 0.717) is 17.8 Å². The lowest BCUT2D eigenvalue weighted by Gasteiger charge is -2.16. The van der Waals surface area contributed by atoms with Gasteiger partial charge in [-0.15, -0.1) is 0 Å². The number of halogens is 1. The quantitative estimate of drug-likeness (QED) is 0.777. The lowest BCUT2D eigenvalue weighted by Crippen LogP contribution is -2.14. The van der Waals surface area contributed by atoms with Crippen LogP contribution in [0.3, 0.4) is 0 Å². The van der Waals surface area contributed by atoms with E-state index in [1.165, 1.54) is 0 Å². The van der Waals surface area contributed by atoms with Crippen molar-refractivity contribution in [1.82, 2.24) is 4.98 Å². The van der Waals surface area contributed by atoms with Crippen LogP contribution in [0.15, 0.2) is 10.7 Å². The monoisotopic (exact) mass is 257 g/mol. The maximum Gasteiger partial charge on any atom is 0.338 e. The fourth-order valence-electron chi connectivity index (χ4n) is 1.41. The summed E-state index contributed by atoms with van der Waals surface area (Å²) in [5.41, 5.74) is 1.99. The van der Waals surface area contributed by atoms with Crippen LogP contribution in [0.4, 0.5) is 0 Å². The molecule has 1 aromatic rings. The summed E-state index contributed by atoms with van der Waals surface area (Å²) in [6.45, 7) is 1.11. The number of carbonyl (C=O) groups is 1. The third-order valence-corrected chi connectivity index (χ3v) is 2.72. The first-order chi connectivity index (χ1) is 6.68. The Morgan fingerprint density at radius 3 is 3.14 bits per heavy atom. The molecule has 0 amide bonds. The molecule has 0 atom stereocenters. The Morgan fingerprint density at radius 2 is 2.43 bits per heavy atom. The molecule has 1 aliphatic heterocycles. The SMILES string of the molecule is O=C(O)c1cc2c(nc1Br)CCOC2. The Balaban J connectivity index is 2.50. The number of fused-ring (bicyclic) bond motifs is 1. The molecule has 0 aromatic carbocycles. The maximum absolute atomic E-state index is 10.8. The van der Waals surface area contributed by atoms with Gasteiger partial charge in [0.05, 0.1) is 18.8 Å². The van der Waals surface area contributed by atoms with Gasteiger partial charge in [0.25, 0.3) is 0 Å². The molecule has 14 heavy (non-hydrogen) atoms.